The molecule has 1 fully saturated rings. The van der Waals surface area contributed by atoms with Crippen molar-refractivity contribution in [3.63, 3.8) is 0 Å². The Hall–Kier alpha value is -1.55. The zero-order valence-electron chi connectivity index (χ0n) is 14.6. The van der Waals surface area contributed by atoms with E-state index < -0.39 is 0 Å². The van der Waals surface area contributed by atoms with E-state index in [0.29, 0.717) is 31.0 Å². The summed E-state index contributed by atoms with van der Waals surface area (Å²) in [6.45, 7) is 6.29. The highest BCUT2D eigenvalue weighted by molar-refractivity contribution is 5.78. The summed E-state index contributed by atoms with van der Waals surface area (Å²) < 4.78 is 5.67. The van der Waals surface area contributed by atoms with Crippen LogP contribution < -0.4 is 10.1 Å². The zero-order valence-corrected chi connectivity index (χ0v) is 14.6. The Labute approximate surface area is 140 Å². The first-order valence-corrected chi connectivity index (χ1v) is 8.72. The van der Waals surface area contributed by atoms with E-state index in [-0.39, 0.29) is 5.91 Å². The lowest BCUT2D eigenvalue weighted by Gasteiger charge is -2.35. The molecule has 4 nitrogen and oxygen atoms in total. The number of amides is 1. The average Bonchev–Trinajstić information content (AvgIpc) is 2.53. The number of likely N-dealkylation sites (N-methyl/N-ethyl adjacent to an activating group) is 1. The number of hydrogen-bond donors (Lipinski definition) is 1. The van der Waals surface area contributed by atoms with Crippen LogP contribution in [0.2, 0.25) is 0 Å². The molecular weight excluding hydrogens is 288 g/mol. The molecule has 2 rings (SSSR count). The van der Waals surface area contributed by atoms with Crippen LogP contribution in [0.3, 0.4) is 0 Å². The standard InChI is InChI=1S/C19H30N2O2/c1-15-8-7-11-18(16(15)2)20-19(22)14-21(3)12-13-23-17-9-5-4-6-10-17/h4-6,9-10,15-16,18H,7-8,11-14H2,1-3H3,(H,20,22)/t15-,16-,18+/m1/s1. The van der Waals surface area contributed by atoms with Crippen LogP contribution in [0.1, 0.15) is 33.1 Å². The smallest absolute Gasteiger partial charge is 0.234 e. The van der Waals surface area contributed by atoms with Gasteiger partial charge in [-0.05, 0) is 37.4 Å². The van der Waals surface area contributed by atoms with Crippen LogP contribution in [-0.2, 0) is 4.79 Å². The highest BCUT2D eigenvalue weighted by Crippen LogP contribution is 2.29. The van der Waals surface area contributed by atoms with Crippen molar-refractivity contribution < 1.29 is 9.53 Å². The van der Waals surface area contributed by atoms with Gasteiger partial charge in [-0.15, -0.1) is 0 Å². The van der Waals surface area contributed by atoms with Crippen LogP contribution in [0, 0.1) is 11.8 Å². The van der Waals surface area contributed by atoms with E-state index in [2.05, 4.69) is 19.2 Å². The van der Waals surface area contributed by atoms with E-state index in [1.807, 2.05) is 42.3 Å². The second kappa shape index (κ2) is 8.92. The fourth-order valence-corrected chi connectivity index (χ4v) is 3.20. The number of ether oxygens (including phenoxy) is 1. The SMILES string of the molecule is C[C@@H]1[C@H](C)CCC[C@@H]1NC(=O)CN(C)CCOc1ccccc1. The van der Waals surface area contributed by atoms with Crippen molar-refractivity contribution in [2.45, 2.75) is 39.2 Å². The minimum Gasteiger partial charge on any atom is -0.492 e. The summed E-state index contributed by atoms with van der Waals surface area (Å²) in [6.07, 6.45) is 3.61. The Morgan fingerprint density at radius 3 is 2.74 bits per heavy atom. The molecule has 0 heterocycles. The quantitative estimate of drug-likeness (QED) is 0.840. The number of carbonyl (C=O) groups is 1. The van der Waals surface area contributed by atoms with E-state index in [0.717, 1.165) is 18.7 Å². The number of para-hydroxylation sites is 1. The van der Waals surface area contributed by atoms with Gasteiger partial charge < -0.3 is 10.1 Å². The van der Waals surface area contributed by atoms with Crippen LogP contribution in [0.15, 0.2) is 30.3 Å². The van der Waals surface area contributed by atoms with E-state index >= 15 is 0 Å². The maximum absolute atomic E-state index is 12.2. The second-order valence-corrected chi connectivity index (χ2v) is 6.84. The molecule has 0 bridgehead atoms. The number of nitrogens with one attached hydrogen (secondary N) is 1. The highest BCUT2D eigenvalue weighted by Gasteiger charge is 2.28. The van der Waals surface area contributed by atoms with Gasteiger partial charge in [0.25, 0.3) is 0 Å². The van der Waals surface area contributed by atoms with Crippen molar-refractivity contribution in [2.75, 3.05) is 26.7 Å². The van der Waals surface area contributed by atoms with Gasteiger partial charge in [-0.3, -0.25) is 9.69 Å². The van der Waals surface area contributed by atoms with Crippen molar-refractivity contribution >= 4 is 5.91 Å². The molecule has 0 aliphatic heterocycles. The minimum atomic E-state index is 0.123. The molecule has 0 spiro atoms. The number of nitrogens with zero attached hydrogens (tertiary/aromatic N) is 1. The first-order valence-electron chi connectivity index (χ1n) is 8.72. The summed E-state index contributed by atoms with van der Waals surface area (Å²) in [5.41, 5.74) is 0. The van der Waals surface area contributed by atoms with Gasteiger partial charge >= 0.3 is 0 Å². The predicted molar refractivity (Wildman–Crippen MR) is 93.5 cm³/mol. The average molecular weight is 318 g/mol. The first kappa shape index (κ1) is 17.8. The molecule has 128 valence electrons. The monoisotopic (exact) mass is 318 g/mol. The minimum absolute atomic E-state index is 0.123. The third-order valence-electron chi connectivity index (χ3n) is 4.95. The number of rotatable bonds is 7. The van der Waals surface area contributed by atoms with Gasteiger partial charge in [-0.1, -0.05) is 44.9 Å². The predicted octanol–water partition coefficient (Wildman–Crippen LogP) is 2.94. The summed E-state index contributed by atoms with van der Waals surface area (Å²) in [4.78, 5) is 14.2. The summed E-state index contributed by atoms with van der Waals surface area (Å²) in [6, 6.07) is 10.1. The molecule has 0 radical (unpaired) electrons. The number of hydrogen-bond acceptors (Lipinski definition) is 3. The lowest BCUT2D eigenvalue weighted by molar-refractivity contribution is -0.123. The van der Waals surface area contributed by atoms with Crippen molar-refractivity contribution in [2.24, 2.45) is 11.8 Å². The van der Waals surface area contributed by atoms with Crippen molar-refractivity contribution in [1.29, 1.82) is 0 Å². The van der Waals surface area contributed by atoms with Crippen molar-refractivity contribution in [3.05, 3.63) is 30.3 Å². The molecule has 0 unspecified atom stereocenters. The topological polar surface area (TPSA) is 41.6 Å². The third-order valence-corrected chi connectivity index (χ3v) is 4.95. The molecule has 3 atom stereocenters. The number of benzene rings is 1. The normalized spacial score (nSPS) is 24.4. The van der Waals surface area contributed by atoms with Crippen molar-refractivity contribution in [1.82, 2.24) is 10.2 Å². The molecule has 1 aliphatic carbocycles. The van der Waals surface area contributed by atoms with Crippen LogP contribution in [-0.4, -0.2) is 43.6 Å². The van der Waals surface area contributed by atoms with Gasteiger partial charge in [0, 0.05) is 12.6 Å². The van der Waals surface area contributed by atoms with Gasteiger partial charge in [0.15, 0.2) is 0 Å². The first-order chi connectivity index (χ1) is 11.1. The van der Waals surface area contributed by atoms with E-state index in [4.69, 9.17) is 4.74 Å². The van der Waals surface area contributed by atoms with E-state index in [1.165, 1.54) is 12.8 Å². The molecule has 1 aromatic carbocycles. The Balaban J connectivity index is 1.66. The molecular formula is C19H30N2O2. The van der Waals surface area contributed by atoms with Gasteiger partial charge in [0.05, 0.1) is 6.54 Å². The van der Waals surface area contributed by atoms with Gasteiger partial charge in [-0.25, -0.2) is 0 Å². The molecule has 23 heavy (non-hydrogen) atoms. The van der Waals surface area contributed by atoms with Crippen LogP contribution in [0.25, 0.3) is 0 Å². The lowest BCUT2D eigenvalue weighted by atomic mass is 9.78. The van der Waals surface area contributed by atoms with Crippen LogP contribution in [0.5, 0.6) is 5.75 Å². The summed E-state index contributed by atoms with van der Waals surface area (Å²) in [5.74, 6) is 2.26. The Kier molecular flexibility index (Phi) is 6.90. The van der Waals surface area contributed by atoms with Gasteiger partial charge in [0.1, 0.15) is 12.4 Å². The molecule has 4 heteroatoms. The Bertz CT molecular complexity index is 478. The van der Waals surface area contributed by atoms with Crippen molar-refractivity contribution in [3.8, 4) is 5.75 Å². The summed E-state index contributed by atoms with van der Waals surface area (Å²) in [5, 5.41) is 3.22. The molecule has 1 saturated carbocycles. The molecule has 1 aromatic rings. The Morgan fingerprint density at radius 1 is 1.26 bits per heavy atom. The summed E-state index contributed by atoms with van der Waals surface area (Å²) >= 11 is 0. The highest BCUT2D eigenvalue weighted by atomic mass is 16.5. The molecule has 1 N–H and O–H groups in total. The maximum Gasteiger partial charge on any atom is 0.234 e. The second-order valence-electron chi connectivity index (χ2n) is 6.84. The zero-order chi connectivity index (χ0) is 16.7. The largest absolute Gasteiger partial charge is 0.492 e. The number of carbonyl (C=O) groups excluding carboxylic acids is 1. The fourth-order valence-electron chi connectivity index (χ4n) is 3.20. The molecule has 0 saturated heterocycles. The maximum atomic E-state index is 12.2. The van der Waals surface area contributed by atoms with Crippen LogP contribution in [0.4, 0.5) is 0 Å². The third kappa shape index (κ3) is 5.87. The summed E-state index contributed by atoms with van der Waals surface area (Å²) in [7, 11) is 1.96. The Morgan fingerprint density at radius 2 is 2.00 bits per heavy atom. The van der Waals surface area contributed by atoms with E-state index in [9.17, 15) is 4.79 Å². The van der Waals surface area contributed by atoms with Crippen LogP contribution >= 0.6 is 0 Å². The van der Waals surface area contributed by atoms with Gasteiger partial charge in [-0.2, -0.15) is 0 Å². The molecule has 1 amide bonds. The molecule has 0 aromatic heterocycles. The molecule has 1 aliphatic rings. The van der Waals surface area contributed by atoms with Gasteiger partial charge in [0.2, 0.25) is 5.91 Å². The lowest BCUT2D eigenvalue weighted by Crippen LogP contribution is -2.47. The fraction of sp³-hybridized carbons (Fsp3) is 0.632. The van der Waals surface area contributed by atoms with E-state index in [1.54, 1.807) is 0 Å².